The molecule has 0 amide bonds. The molecule has 0 spiro atoms. The van der Waals surface area contributed by atoms with Gasteiger partial charge < -0.3 is 27.9 Å². The number of phosphoric acid groups is 1. The summed E-state index contributed by atoms with van der Waals surface area (Å²) in [5.74, 6) is -0.844. The van der Waals surface area contributed by atoms with E-state index in [2.05, 4.69) is 160 Å². The van der Waals surface area contributed by atoms with Crippen LogP contribution in [0.5, 0.6) is 0 Å². The minimum absolute atomic E-state index is 0.0387. The summed E-state index contributed by atoms with van der Waals surface area (Å²) in [5, 5.41) is 0. The normalized spacial score (nSPS) is 13.9. The number of hydrogen-bond acceptors (Lipinski definition) is 8. The van der Waals surface area contributed by atoms with Crippen LogP contribution in [0.2, 0.25) is 0 Å². The number of unbranched alkanes of at least 4 members (excludes halogenated alkanes) is 32. The lowest BCUT2D eigenvalue weighted by Gasteiger charge is -2.28. The third kappa shape index (κ3) is 76.9. The molecule has 9 nitrogen and oxygen atoms in total. The van der Waals surface area contributed by atoms with Crippen molar-refractivity contribution in [3.8, 4) is 0 Å². The average molecular weight is 1330 g/mol. The molecule has 0 aliphatic carbocycles. The maximum atomic E-state index is 12.9. The standard InChI is InChI=1S/C84H144NO8P/c1-6-8-10-12-14-16-18-20-22-24-26-28-30-32-34-36-37-38-39-40-41-42-43-44-45-46-47-49-51-53-55-57-59-61-63-65-67-69-71-73-75-77-84(87)93-82(81-92-94(88,89)91-79-78-85(3,4)5)80-90-83(86)76-74-72-70-68-66-64-62-60-58-56-54-52-50-48-35-33-31-29-27-25-23-21-19-17-15-13-11-9-7-2/h8,10,14,16,20,22,25-28,32,34,37-38,40-41,43-44,46-47,51,53,57,59,82H,6-7,9,11-13,15,17-19,21,23-24,29-31,33,35-36,39,42,45,48-50,52,54-56,58,60-81H2,1-5H3/b10-8-,16-14-,22-20-,27-25-,28-26-,34-32-,38-37-,41-40-,44-43-,47-46-,53-51-,59-57-. The molecule has 0 bridgehead atoms. The van der Waals surface area contributed by atoms with E-state index in [4.69, 9.17) is 18.5 Å². The third-order valence-electron chi connectivity index (χ3n) is 16.3. The summed E-state index contributed by atoms with van der Waals surface area (Å²) in [6.07, 6.45) is 108. The first-order valence-electron chi connectivity index (χ1n) is 38.5. The lowest BCUT2D eigenvalue weighted by molar-refractivity contribution is -0.870. The van der Waals surface area contributed by atoms with E-state index in [-0.39, 0.29) is 32.0 Å². The molecule has 0 saturated carbocycles. The van der Waals surface area contributed by atoms with Gasteiger partial charge >= 0.3 is 11.9 Å². The number of ether oxygens (including phenoxy) is 2. The van der Waals surface area contributed by atoms with Crippen molar-refractivity contribution in [1.82, 2.24) is 0 Å². The predicted molar refractivity (Wildman–Crippen MR) is 406 cm³/mol. The molecule has 0 aliphatic rings. The van der Waals surface area contributed by atoms with Gasteiger partial charge in [0.05, 0.1) is 27.7 Å². The van der Waals surface area contributed by atoms with Crippen molar-refractivity contribution in [3.05, 3.63) is 146 Å². The first-order chi connectivity index (χ1) is 46.0. The SMILES string of the molecule is CC/C=C\C/C=C\C/C=C\C/C=C\C/C=C\C/C=C\C/C=C\C/C=C\C/C=C\C/C=C\C/C=C\CCCCCCCCCC(=O)OC(COC(=O)CCCCCCCCCCCCCCCCCCC/C=C\CCCCCCCCCC)COP(=O)([O-])OCC[N+](C)(C)C. The summed E-state index contributed by atoms with van der Waals surface area (Å²) in [6, 6.07) is 0. The second-order valence-corrected chi connectivity index (χ2v) is 28.0. The lowest BCUT2D eigenvalue weighted by Crippen LogP contribution is -2.37. The first-order valence-corrected chi connectivity index (χ1v) is 40.0. The molecule has 0 radical (unpaired) electrons. The first kappa shape index (κ1) is 89.9. The van der Waals surface area contributed by atoms with Crippen LogP contribution in [0.4, 0.5) is 0 Å². The Balaban J connectivity index is 4.08. The van der Waals surface area contributed by atoms with Crippen LogP contribution in [-0.4, -0.2) is 70.0 Å². The number of carbonyl (C=O) groups excluding carboxylic acids is 2. The number of likely N-dealkylation sites (N-methyl/N-ethyl adjacent to an activating group) is 1. The Labute approximate surface area is 580 Å². The van der Waals surface area contributed by atoms with Crippen molar-refractivity contribution < 1.29 is 42.1 Å². The summed E-state index contributed by atoms with van der Waals surface area (Å²) in [6.45, 7) is 4.13. The van der Waals surface area contributed by atoms with Gasteiger partial charge in [0.2, 0.25) is 0 Å². The topological polar surface area (TPSA) is 111 Å². The maximum absolute atomic E-state index is 12.9. The van der Waals surface area contributed by atoms with Gasteiger partial charge in [0.15, 0.2) is 6.10 Å². The van der Waals surface area contributed by atoms with E-state index < -0.39 is 26.5 Å². The monoisotopic (exact) mass is 1330 g/mol. The Morgan fingerprint density at radius 1 is 0.340 bits per heavy atom. The molecule has 2 atom stereocenters. The zero-order chi connectivity index (χ0) is 68.3. The Bertz CT molecular complexity index is 2100. The van der Waals surface area contributed by atoms with Crippen molar-refractivity contribution in [2.75, 3.05) is 47.5 Å². The minimum Gasteiger partial charge on any atom is -0.756 e. The fraction of sp³-hybridized carbons (Fsp3) is 0.690. The molecule has 94 heavy (non-hydrogen) atoms. The van der Waals surface area contributed by atoms with Crippen LogP contribution in [0, 0.1) is 0 Å². The van der Waals surface area contributed by atoms with Crippen molar-refractivity contribution in [2.45, 2.75) is 328 Å². The number of phosphoric ester groups is 1. The number of esters is 2. The highest BCUT2D eigenvalue weighted by Crippen LogP contribution is 2.38. The second-order valence-electron chi connectivity index (χ2n) is 26.6. The quantitative estimate of drug-likeness (QED) is 0.0195. The smallest absolute Gasteiger partial charge is 0.306 e. The number of carbonyl (C=O) groups is 2. The van der Waals surface area contributed by atoms with E-state index >= 15 is 0 Å². The molecule has 0 saturated heterocycles. The summed E-state index contributed by atoms with van der Waals surface area (Å²) in [4.78, 5) is 38.1. The van der Waals surface area contributed by atoms with Crippen molar-refractivity contribution in [2.24, 2.45) is 0 Å². The van der Waals surface area contributed by atoms with Gasteiger partial charge in [-0.3, -0.25) is 14.2 Å². The highest BCUT2D eigenvalue weighted by atomic mass is 31.2. The van der Waals surface area contributed by atoms with Crippen molar-refractivity contribution >= 4 is 19.8 Å². The van der Waals surface area contributed by atoms with E-state index in [0.717, 1.165) is 122 Å². The molecular formula is C84H144NO8P. The van der Waals surface area contributed by atoms with Crippen molar-refractivity contribution in [1.29, 1.82) is 0 Å². The van der Waals surface area contributed by atoms with Gasteiger partial charge in [0, 0.05) is 12.8 Å². The molecule has 0 heterocycles. The van der Waals surface area contributed by atoms with Gasteiger partial charge in [-0.05, 0) is 122 Å². The number of hydrogen-bond donors (Lipinski definition) is 0. The molecule has 0 aromatic carbocycles. The van der Waals surface area contributed by atoms with E-state index in [9.17, 15) is 19.0 Å². The molecule has 0 rings (SSSR count). The molecule has 0 aromatic rings. The summed E-state index contributed by atoms with van der Waals surface area (Å²) < 4.78 is 34.4. The Kier molecular flexibility index (Phi) is 69.9. The number of allylic oxidation sites excluding steroid dienone is 24. The molecule has 0 aromatic heterocycles. The lowest BCUT2D eigenvalue weighted by atomic mass is 10.0. The zero-order valence-corrected chi connectivity index (χ0v) is 62.3. The van der Waals surface area contributed by atoms with Crippen molar-refractivity contribution in [3.63, 3.8) is 0 Å². The van der Waals surface area contributed by atoms with Crippen LogP contribution in [0.25, 0.3) is 0 Å². The van der Waals surface area contributed by atoms with Gasteiger partial charge in [-0.1, -0.05) is 333 Å². The highest BCUT2D eigenvalue weighted by molar-refractivity contribution is 7.45. The summed E-state index contributed by atoms with van der Waals surface area (Å²) >= 11 is 0. The number of rotatable bonds is 70. The largest absolute Gasteiger partial charge is 0.756 e. The average Bonchev–Trinajstić information content (AvgIpc) is 1.57. The number of nitrogens with zero attached hydrogens (tertiary/aromatic N) is 1. The Morgan fingerprint density at radius 2 is 0.606 bits per heavy atom. The van der Waals surface area contributed by atoms with Crippen LogP contribution in [0.15, 0.2) is 146 Å². The highest BCUT2D eigenvalue weighted by Gasteiger charge is 2.22. The molecule has 0 aliphatic heterocycles. The zero-order valence-electron chi connectivity index (χ0n) is 61.4. The molecule has 0 N–H and O–H groups in total. The fourth-order valence-corrected chi connectivity index (χ4v) is 11.2. The van der Waals surface area contributed by atoms with Crippen LogP contribution in [0.3, 0.4) is 0 Å². The van der Waals surface area contributed by atoms with E-state index in [1.807, 2.05) is 21.1 Å². The molecular weight excluding hydrogens is 1180 g/mol. The fourth-order valence-electron chi connectivity index (χ4n) is 10.5. The maximum Gasteiger partial charge on any atom is 0.306 e. The molecule has 10 heteroatoms. The minimum atomic E-state index is -4.66. The van der Waals surface area contributed by atoms with E-state index in [0.29, 0.717) is 17.4 Å². The molecule has 0 fully saturated rings. The summed E-state index contributed by atoms with van der Waals surface area (Å²) in [7, 11) is 1.15. The summed E-state index contributed by atoms with van der Waals surface area (Å²) in [5.41, 5.74) is 0. The number of quaternary nitrogens is 1. The Hall–Kier alpha value is -4.11. The Morgan fingerprint density at radius 3 is 0.915 bits per heavy atom. The van der Waals surface area contributed by atoms with Crippen LogP contribution >= 0.6 is 7.82 Å². The van der Waals surface area contributed by atoms with Gasteiger partial charge in [-0.15, -0.1) is 0 Å². The van der Waals surface area contributed by atoms with Crippen LogP contribution in [0.1, 0.15) is 322 Å². The van der Waals surface area contributed by atoms with Crippen LogP contribution < -0.4 is 4.89 Å². The second kappa shape index (κ2) is 73.1. The third-order valence-corrected chi connectivity index (χ3v) is 17.3. The van der Waals surface area contributed by atoms with Gasteiger partial charge in [-0.2, -0.15) is 0 Å². The van der Waals surface area contributed by atoms with Crippen LogP contribution in [-0.2, 0) is 32.7 Å². The van der Waals surface area contributed by atoms with E-state index in [1.165, 1.54) is 167 Å². The van der Waals surface area contributed by atoms with E-state index in [1.54, 1.807) is 0 Å². The van der Waals surface area contributed by atoms with Gasteiger partial charge in [0.1, 0.15) is 19.8 Å². The van der Waals surface area contributed by atoms with Gasteiger partial charge in [-0.25, -0.2) is 0 Å². The van der Waals surface area contributed by atoms with Gasteiger partial charge in [0.25, 0.3) is 7.82 Å². The predicted octanol–water partition coefficient (Wildman–Crippen LogP) is 25.1. The molecule has 538 valence electrons. The molecule has 2 unspecified atom stereocenters.